The van der Waals surface area contributed by atoms with Gasteiger partial charge in [0.15, 0.2) is 12.4 Å². The first-order chi connectivity index (χ1) is 19.0. The van der Waals surface area contributed by atoms with Crippen LogP contribution in [-0.2, 0) is 14.8 Å². The zero-order valence-electron chi connectivity index (χ0n) is 21.0. The first-order valence-electron chi connectivity index (χ1n) is 11.5. The summed E-state index contributed by atoms with van der Waals surface area (Å²) in [5.74, 6) is -0.733. The van der Waals surface area contributed by atoms with E-state index in [9.17, 15) is 28.1 Å². The molecule has 0 saturated carbocycles. The van der Waals surface area contributed by atoms with Crippen LogP contribution in [0.4, 0.5) is 11.4 Å². The molecular weight excluding hydrogens is 564 g/mol. The summed E-state index contributed by atoms with van der Waals surface area (Å²) in [5, 5.41) is 12.6. The number of non-ortho nitro benzene ring substituents is 1. The monoisotopic (exact) mass is 584 g/mol. The van der Waals surface area contributed by atoms with E-state index in [0.29, 0.717) is 11.3 Å². The summed E-state index contributed by atoms with van der Waals surface area (Å²) < 4.78 is 43.8. The first-order valence-corrected chi connectivity index (χ1v) is 13.3. The topological polar surface area (TPSA) is 151 Å². The highest BCUT2D eigenvalue weighted by molar-refractivity contribution is 7.92. The average Bonchev–Trinajstić information content (AvgIpc) is 2.94. The lowest BCUT2D eigenvalue weighted by molar-refractivity contribution is -0.384. The van der Waals surface area contributed by atoms with Crippen molar-refractivity contribution in [1.29, 1.82) is 0 Å². The van der Waals surface area contributed by atoms with Crippen LogP contribution in [0.5, 0.6) is 11.5 Å². The van der Waals surface area contributed by atoms with Gasteiger partial charge in [0.1, 0.15) is 16.4 Å². The van der Waals surface area contributed by atoms with Crippen molar-refractivity contribution in [3.63, 3.8) is 0 Å². The highest BCUT2D eigenvalue weighted by atomic mass is 35.5. The molecule has 0 spiro atoms. The molecule has 0 amide bonds. The maximum Gasteiger partial charge on any atom is 0.338 e. The first kappa shape index (κ1) is 28.3. The number of hydrogen-bond donors (Lipinski definition) is 1. The van der Waals surface area contributed by atoms with Crippen LogP contribution in [0, 0.1) is 10.1 Å². The van der Waals surface area contributed by atoms with Gasteiger partial charge in [-0.3, -0.25) is 19.6 Å². The largest absolute Gasteiger partial charge is 0.497 e. The van der Waals surface area contributed by atoms with Crippen LogP contribution in [0.2, 0.25) is 5.02 Å². The van der Waals surface area contributed by atoms with Gasteiger partial charge in [-0.05, 0) is 53.2 Å². The Bertz CT molecular complexity index is 1760. The summed E-state index contributed by atoms with van der Waals surface area (Å²) in [4.78, 5) is 35.3. The highest BCUT2D eigenvalue weighted by Crippen LogP contribution is 2.32. The van der Waals surface area contributed by atoms with E-state index in [1.54, 1.807) is 37.4 Å². The van der Waals surface area contributed by atoms with Gasteiger partial charge in [0, 0.05) is 17.7 Å². The molecule has 4 aromatic carbocycles. The highest BCUT2D eigenvalue weighted by Gasteiger charge is 2.24. The summed E-state index contributed by atoms with van der Waals surface area (Å²) in [5.41, 5.74) is -0.452. The zero-order chi connectivity index (χ0) is 29.0. The normalized spacial score (nSPS) is 11.1. The number of sulfonamides is 1. The van der Waals surface area contributed by atoms with E-state index in [-0.39, 0.29) is 27.7 Å². The Kier molecular flexibility index (Phi) is 8.21. The van der Waals surface area contributed by atoms with Crippen LogP contribution in [0.25, 0.3) is 10.8 Å². The van der Waals surface area contributed by atoms with Gasteiger partial charge < -0.3 is 14.2 Å². The Morgan fingerprint density at radius 3 is 2.30 bits per heavy atom. The number of ether oxygens (including phenoxy) is 3. The molecule has 13 heteroatoms. The molecule has 206 valence electrons. The molecule has 0 aromatic heterocycles. The Morgan fingerprint density at radius 1 is 0.900 bits per heavy atom. The van der Waals surface area contributed by atoms with Crippen molar-refractivity contribution in [1.82, 2.24) is 0 Å². The number of nitro benzene ring substituents is 1. The van der Waals surface area contributed by atoms with Crippen molar-refractivity contribution in [2.24, 2.45) is 0 Å². The van der Waals surface area contributed by atoms with Gasteiger partial charge in [-0.2, -0.15) is 0 Å². The lowest BCUT2D eigenvalue weighted by atomic mass is 10.0. The summed E-state index contributed by atoms with van der Waals surface area (Å²) in [6.07, 6.45) is 0. The van der Waals surface area contributed by atoms with Gasteiger partial charge in [-0.15, -0.1) is 0 Å². The number of esters is 1. The van der Waals surface area contributed by atoms with Crippen molar-refractivity contribution in [2.75, 3.05) is 25.5 Å². The number of nitrogens with one attached hydrogen (secondary N) is 1. The van der Waals surface area contributed by atoms with Crippen LogP contribution in [-0.4, -0.2) is 45.9 Å². The lowest BCUT2D eigenvalue weighted by Gasteiger charge is -2.13. The molecule has 0 aliphatic carbocycles. The molecule has 0 unspecified atom stereocenters. The Balaban J connectivity index is 1.51. The van der Waals surface area contributed by atoms with Crippen molar-refractivity contribution in [2.45, 2.75) is 4.90 Å². The SMILES string of the molecule is COc1ccc2cc(C(=O)COC(=O)c3ccc(Cl)c(S(=O)(=O)Nc4cc([N+](=O)[O-])ccc4OC)c3)ccc2c1. The molecule has 0 aliphatic heterocycles. The summed E-state index contributed by atoms with van der Waals surface area (Å²) >= 11 is 6.11. The fourth-order valence-electron chi connectivity index (χ4n) is 3.75. The smallest absolute Gasteiger partial charge is 0.338 e. The summed E-state index contributed by atoms with van der Waals surface area (Å²) in [6.45, 7) is -0.589. The number of carbonyl (C=O) groups is 2. The zero-order valence-corrected chi connectivity index (χ0v) is 22.6. The standard InChI is InChI=1S/C27H21ClN2O9S/c1-37-21-8-5-16-11-18(4-3-17(16)12-21)24(31)15-39-27(32)19-6-9-22(28)26(13-19)40(35,36)29-23-14-20(30(33)34)7-10-25(23)38-2/h3-14,29H,15H2,1-2H3. The molecule has 0 bridgehead atoms. The molecule has 1 N–H and O–H groups in total. The summed E-state index contributed by atoms with van der Waals surface area (Å²) in [6, 6.07) is 17.1. The van der Waals surface area contributed by atoms with E-state index in [1.807, 2.05) is 6.07 Å². The van der Waals surface area contributed by atoms with Gasteiger partial charge in [0.25, 0.3) is 15.7 Å². The van der Waals surface area contributed by atoms with Gasteiger partial charge in [0.05, 0.1) is 35.4 Å². The minimum atomic E-state index is -4.44. The molecule has 0 fully saturated rings. The van der Waals surface area contributed by atoms with E-state index < -0.39 is 38.2 Å². The van der Waals surface area contributed by atoms with Crippen LogP contribution >= 0.6 is 11.6 Å². The van der Waals surface area contributed by atoms with Crippen LogP contribution < -0.4 is 14.2 Å². The fraction of sp³-hybridized carbons (Fsp3) is 0.111. The number of rotatable bonds is 10. The number of halogens is 1. The second-order valence-corrected chi connectivity index (χ2v) is 10.4. The number of anilines is 1. The third-order valence-electron chi connectivity index (χ3n) is 5.80. The van der Waals surface area contributed by atoms with Crippen molar-refractivity contribution < 1.29 is 37.1 Å². The number of Topliss-reactive ketones (excluding diaryl/α,β-unsaturated/α-hetero) is 1. The van der Waals surface area contributed by atoms with E-state index in [0.717, 1.165) is 29.0 Å². The number of nitrogens with zero attached hydrogens (tertiary/aromatic N) is 1. The van der Waals surface area contributed by atoms with Gasteiger partial charge >= 0.3 is 5.97 Å². The second-order valence-electron chi connectivity index (χ2n) is 8.32. The molecule has 0 aliphatic rings. The molecule has 4 rings (SSSR count). The Labute approximate surface area is 233 Å². The lowest BCUT2D eigenvalue weighted by Crippen LogP contribution is -2.17. The summed E-state index contributed by atoms with van der Waals surface area (Å²) in [7, 11) is -1.63. The molecular formula is C27H21ClN2O9S. The van der Waals surface area contributed by atoms with Crippen LogP contribution in [0.3, 0.4) is 0 Å². The number of ketones is 1. The molecule has 40 heavy (non-hydrogen) atoms. The molecule has 4 aromatic rings. The third kappa shape index (κ3) is 6.14. The number of benzene rings is 4. The molecule has 0 radical (unpaired) electrons. The number of fused-ring (bicyclic) bond motifs is 1. The minimum absolute atomic E-state index is 0.0206. The van der Waals surface area contributed by atoms with E-state index >= 15 is 0 Å². The van der Waals surface area contributed by atoms with E-state index in [2.05, 4.69) is 4.72 Å². The van der Waals surface area contributed by atoms with Gasteiger partial charge in [0.2, 0.25) is 0 Å². The van der Waals surface area contributed by atoms with Gasteiger partial charge in [-0.1, -0.05) is 29.8 Å². The predicted octanol–water partition coefficient (Wildman–Crippen LogP) is 5.26. The Hall–Kier alpha value is -4.68. The van der Waals surface area contributed by atoms with Crippen molar-refractivity contribution in [3.8, 4) is 11.5 Å². The van der Waals surface area contributed by atoms with E-state index in [4.69, 9.17) is 25.8 Å². The fourth-order valence-corrected chi connectivity index (χ4v) is 5.34. The molecule has 0 saturated heterocycles. The third-order valence-corrected chi connectivity index (χ3v) is 7.65. The molecule has 0 atom stereocenters. The van der Waals surface area contributed by atoms with Crippen molar-refractivity contribution in [3.05, 3.63) is 99.1 Å². The van der Waals surface area contributed by atoms with Gasteiger partial charge in [-0.25, -0.2) is 13.2 Å². The number of carbonyl (C=O) groups excluding carboxylic acids is 2. The Morgan fingerprint density at radius 2 is 1.60 bits per heavy atom. The van der Waals surface area contributed by atoms with Crippen LogP contribution in [0.1, 0.15) is 20.7 Å². The predicted molar refractivity (Wildman–Crippen MR) is 147 cm³/mol. The minimum Gasteiger partial charge on any atom is -0.497 e. The maximum absolute atomic E-state index is 13.1. The average molecular weight is 585 g/mol. The number of hydrogen-bond acceptors (Lipinski definition) is 9. The maximum atomic E-state index is 13.1. The molecule has 0 heterocycles. The molecule has 11 nitrogen and oxygen atoms in total. The quantitative estimate of drug-likeness (QED) is 0.114. The van der Waals surface area contributed by atoms with Crippen LogP contribution in [0.15, 0.2) is 77.7 Å². The number of methoxy groups -OCH3 is 2. The second kappa shape index (κ2) is 11.6. The number of nitro groups is 1. The van der Waals surface area contributed by atoms with Crippen molar-refractivity contribution >= 4 is 55.5 Å². The van der Waals surface area contributed by atoms with E-state index in [1.165, 1.54) is 25.3 Å².